The first-order valence-corrected chi connectivity index (χ1v) is 17.8. The molecule has 10 rings (SSSR count). The van der Waals surface area contributed by atoms with Gasteiger partial charge in [0.25, 0.3) is 0 Å². The Labute approximate surface area is 290 Å². The molecule has 9 aromatic rings. The fraction of sp³-hybridized carbons (Fsp3) is 0.0638. The van der Waals surface area contributed by atoms with E-state index >= 15 is 0 Å². The highest BCUT2D eigenvalue weighted by Gasteiger charge is 2.36. The monoisotopic (exact) mass is 643 g/mol. The molecule has 0 unspecified atom stereocenters. The van der Waals surface area contributed by atoms with Crippen LogP contribution in [0.25, 0.3) is 64.0 Å². The van der Waals surface area contributed by atoms with Gasteiger partial charge in [-0.15, -0.1) is 11.3 Å². The highest BCUT2D eigenvalue weighted by Crippen LogP contribution is 2.52. The SMILES string of the molecule is CC1(C)c2ccccc2-c2ccc(N(c3cccc(-c4ccccc4)c3)c3cc4ccccc4c4c3ccc3c5ccccc5sc34)cc21. The molecule has 0 N–H and O–H groups in total. The van der Waals surface area contributed by atoms with Crippen LogP contribution >= 0.6 is 11.3 Å². The van der Waals surface area contributed by atoms with Crippen molar-refractivity contribution in [2.24, 2.45) is 0 Å². The van der Waals surface area contributed by atoms with Gasteiger partial charge in [-0.05, 0) is 80.6 Å². The number of thiophene rings is 1. The zero-order chi connectivity index (χ0) is 32.7. The van der Waals surface area contributed by atoms with Gasteiger partial charge in [0.15, 0.2) is 0 Å². The second kappa shape index (κ2) is 10.7. The lowest BCUT2D eigenvalue weighted by atomic mass is 9.82. The van der Waals surface area contributed by atoms with E-state index in [1.165, 1.54) is 80.8 Å². The van der Waals surface area contributed by atoms with E-state index in [4.69, 9.17) is 0 Å². The Morgan fingerprint density at radius 3 is 2.06 bits per heavy atom. The van der Waals surface area contributed by atoms with Crippen molar-refractivity contribution >= 4 is 70.1 Å². The van der Waals surface area contributed by atoms with Crippen LogP contribution in [-0.4, -0.2) is 0 Å². The molecule has 1 aliphatic rings. The molecule has 232 valence electrons. The number of hydrogen-bond acceptors (Lipinski definition) is 2. The Kier molecular flexibility index (Phi) is 6.16. The summed E-state index contributed by atoms with van der Waals surface area (Å²) in [6.45, 7) is 4.73. The molecule has 0 aliphatic heterocycles. The molecule has 0 radical (unpaired) electrons. The molecule has 8 aromatic carbocycles. The minimum Gasteiger partial charge on any atom is -0.310 e. The van der Waals surface area contributed by atoms with Gasteiger partial charge in [0, 0.05) is 47.7 Å². The van der Waals surface area contributed by atoms with Gasteiger partial charge in [0.1, 0.15) is 0 Å². The van der Waals surface area contributed by atoms with Crippen LogP contribution in [0.1, 0.15) is 25.0 Å². The van der Waals surface area contributed by atoms with Crippen molar-refractivity contribution in [1.29, 1.82) is 0 Å². The lowest BCUT2D eigenvalue weighted by Gasteiger charge is -2.30. The summed E-state index contributed by atoms with van der Waals surface area (Å²) in [5.74, 6) is 0. The predicted molar refractivity (Wildman–Crippen MR) is 212 cm³/mol. The van der Waals surface area contributed by atoms with Crippen molar-refractivity contribution in [3.8, 4) is 22.3 Å². The van der Waals surface area contributed by atoms with Crippen LogP contribution < -0.4 is 4.90 Å². The zero-order valence-corrected chi connectivity index (χ0v) is 28.3. The van der Waals surface area contributed by atoms with Gasteiger partial charge in [0.05, 0.1) is 5.69 Å². The van der Waals surface area contributed by atoms with Gasteiger partial charge >= 0.3 is 0 Å². The van der Waals surface area contributed by atoms with Gasteiger partial charge in [-0.1, -0.05) is 141 Å². The Hall–Kier alpha value is -5.70. The Balaban J connectivity index is 1.29. The van der Waals surface area contributed by atoms with E-state index in [1.54, 1.807) is 0 Å². The molecule has 0 saturated carbocycles. The number of fused-ring (bicyclic) bond motifs is 10. The van der Waals surface area contributed by atoms with Gasteiger partial charge in [-0.2, -0.15) is 0 Å². The maximum atomic E-state index is 2.50. The first-order chi connectivity index (χ1) is 24.1. The van der Waals surface area contributed by atoms with E-state index in [1.807, 2.05) is 11.3 Å². The van der Waals surface area contributed by atoms with Gasteiger partial charge in [-0.25, -0.2) is 0 Å². The lowest BCUT2D eigenvalue weighted by Crippen LogP contribution is -2.16. The third kappa shape index (κ3) is 4.24. The first kappa shape index (κ1) is 28.3. The molecule has 0 fully saturated rings. The number of hydrogen-bond donors (Lipinski definition) is 0. The summed E-state index contributed by atoms with van der Waals surface area (Å²) in [5, 5.41) is 7.77. The van der Waals surface area contributed by atoms with E-state index in [9.17, 15) is 0 Å². The molecule has 1 aromatic heterocycles. The first-order valence-electron chi connectivity index (χ1n) is 17.0. The third-order valence-electron chi connectivity index (χ3n) is 10.6. The standard InChI is InChI=1S/C47H33NS/c1-47(2)41-21-10-8-19-36(41)37-24-23-34(29-42(37)47)48(33-17-12-16-31(27-33)30-13-4-3-5-14-30)43-28-32-15-6-7-18-35(32)45-40(43)26-25-39-38-20-9-11-22-44(38)49-46(39)45/h3-29H,1-2H3. The van der Waals surface area contributed by atoms with Crippen LogP contribution in [0.5, 0.6) is 0 Å². The lowest BCUT2D eigenvalue weighted by molar-refractivity contribution is 0.660. The summed E-state index contributed by atoms with van der Waals surface area (Å²) in [6.07, 6.45) is 0. The second-order valence-electron chi connectivity index (χ2n) is 13.7. The van der Waals surface area contributed by atoms with E-state index in [0.717, 1.165) is 11.4 Å². The summed E-state index contributed by atoms with van der Waals surface area (Å²) in [4.78, 5) is 2.50. The maximum Gasteiger partial charge on any atom is 0.0546 e. The Morgan fingerprint density at radius 1 is 0.469 bits per heavy atom. The Bertz CT molecular complexity index is 2750. The van der Waals surface area contributed by atoms with Crippen molar-refractivity contribution in [3.63, 3.8) is 0 Å². The van der Waals surface area contributed by atoms with Gasteiger partial charge in [-0.3, -0.25) is 0 Å². The van der Waals surface area contributed by atoms with Crippen molar-refractivity contribution < 1.29 is 0 Å². The largest absolute Gasteiger partial charge is 0.310 e. The number of nitrogens with zero attached hydrogens (tertiary/aromatic N) is 1. The van der Waals surface area contributed by atoms with E-state index < -0.39 is 0 Å². The second-order valence-corrected chi connectivity index (χ2v) is 14.8. The quantitative estimate of drug-likeness (QED) is 0.173. The number of anilines is 3. The zero-order valence-electron chi connectivity index (χ0n) is 27.4. The van der Waals surface area contributed by atoms with E-state index in [-0.39, 0.29) is 5.41 Å². The van der Waals surface area contributed by atoms with Crippen LogP contribution in [0.4, 0.5) is 17.1 Å². The van der Waals surface area contributed by atoms with Gasteiger partial charge in [0.2, 0.25) is 0 Å². The minimum atomic E-state index is -0.103. The summed E-state index contributed by atoms with van der Waals surface area (Å²) in [6, 6.07) is 60.6. The van der Waals surface area contributed by atoms with Gasteiger partial charge < -0.3 is 4.90 Å². The molecule has 49 heavy (non-hydrogen) atoms. The highest BCUT2D eigenvalue weighted by molar-refractivity contribution is 7.26. The average molecular weight is 644 g/mol. The average Bonchev–Trinajstić information content (AvgIpc) is 3.64. The number of rotatable bonds is 4. The van der Waals surface area contributed by atoms with E-state index in [0.29, 0.717) is 0 Å². The fourth-order valence-electron chi connectivity index (χ4n) is 8.24. The summed E-state index contributed by atoms with van der Waals surface area (Å²) in [5.41, 5.74) is 11.2. The fourth-order valence-corrected chi connectivity index (χ4v) is 9.51. The molecule has 0 bridgehead atoms. The molecule has 1 heterocycles. The van der Waals surface area contributed by atoms with Crippen molar-refractivity contribution in [1.82, 2.24) is 0 Å². The normalized spacial score (nSPS) is 13.3. The molecule has 1 aliphatic carbocycles. The van der Waals surface area contributed by atoms with Crippen molar-refractivity contribution in [2.45, 2.75) is 19.3 Å². The Morgan fingerprint density at radius 2 is 1.16 bits per heavy atom. The van der Waals surface area contributed by atoms with Crippen LogP contribution in [0.15, 0.2) is 164 Å². The van der Waals surface area contributed by atoms with Crippen molar-refractivity contribution in [3.05, 3.63) is 175 Å². The highest BCUT2D eigenvalue weighted by atomic mass is 32.1. The minimum absolute atomic E-state index is 0.103. The summed E-state index contributed by atoms with van der Waals surface area (Å²) >= 11 is 1.91. The molecule has 0 saturated heterocycles. The van der Waals surface area contributed by atoms with Crippen LogP contribution in [-0.2, 0) is 5.41 Å². The van der Waals surface area contributed by atoms with Crippen LogP contribution in [0, 0.1) is 0 Å². The third-order valence-corrected chi connectivity index (χ3v) is 11.8. The molecule has 1 nitrogen and oxygen atoms in total. The molecule has 0 amide bonds. The maximum absolute atomic E-state index is 2.50. The predicted octanol–water partition coefficient (Wildman–Crippen LogP) is 13.8. The molecule has 2 heteroatoms. The van der Waals surface area contributed by atoms with Crippen molar-refractivity contribution in [2.75, 3.05) is 4.90 Å². The summed E-state index contributed by atoms with van der Waals surface area (Å²) in [7, 11) is 0. The molecule has 0 spiro atoms. The summed E-state index contributed by atoms with van der Waals surface area (Å²) < 4.78 is 2.67. The van der Waals surface area contributed by atoms with Crippen LogP contribution in [0.2, 0.25) is 0 Å². The molecular formula is C47H33NS. The smallest absolute Gasteiger partial charge is 0.0546 e. The molecular weight excluding hydrogens is 611 g/mol. The van der Waals surface area contributed by atoms with E-state index in [2.05, 4.69) is 183 Å². The van der Waals surface area contributed by atoms with Crippen LogP contribution in [0.3, 0.4) is 0 Å². The molecule has 0 atom stereocenters. The number of benzene rings is 8. The topological polar surface area (TPSA) is 3.24 Å².